The van der Waals surface area contributed by atoms with Crippen LogP contribution in [0.1, 0.15) is 16.8 Å². The molecule has 1 atom stereocenters. The molecule has 0 radical (unpaired) electrons. The molecule has 0 aliphatic carbocycles. The number of carbonyl (C=O) groups is 3. The molecule has 134 valence electrons. The Morgan fingerprint density at radius 3 is 2.84 bits per heavy atom. The van der Waals surface area contributed by atoms with Gasteiger partial charge in [-0.15, -0.1) is 0 Å². The van der Waals surface area contributed by atoms with Crippen molar-refractivity contribution in [2.45, 2.75) is 12.5 Å². The summed E-state index contributed by atoms with van der Waals surface area (Å²) in [5.74, 6) is -0.598. The van der Waals surface area contributed by atoms with Gasteiger partial charge in [-0.05, 0) is 18.2 Å². The molecule has 0 aromatic heterocycles. The molecule has 1 aromatic carbocycles. The van der Waals surface area contributed by atoms with Gasteiger partial charge in [0.15, 0.2) is 11.5 Å². The number of ether oxygens (including phenoxy) is 3. The quantitative estimate of drug-likeness (QED) is 0.759. The number of nitrogens with zero attached hydrogens (tertiary/aromatic N) is 1. The first kappa shape index (κ1) is 17.0. The van der Waals surface area contributed by atoms with E-state index in [0.717, 1.165) is 0 Å². The highest BCUT2D eigenvalue weighted by Crippen LogP contribution is 2.32. The van der Waals surface area contributed by atoms with E-state index in [4.69, 9.17) is 19.3 Å². The Hall–Kier alpha value is -2.81. The Morgan fingerprint density at radius 1 is 1.24 bits per heavy atom. The van der Waals surface area contributed by atoms with E-state index < -0.39 is 18.0 Å². The number of hydrogen-bond donors (Lipinski definition) is 2. The largest absolute Gasteiger partial charge is 0.481 e. The van der Waals surface area contributed by atoms with Gasteiger partial charge in [-0.3, -0.25) is 14.4 Å². The number of rotatable bonds is 5. The summed E-state index contributed by atoms with van der Waals surface area (Å²) in [4.78, 5) is 36.6. The minimum atomic E-state index is -0.976. The van der Waals surface area contributed by atoms with Crippen LogP contribution in [0.15, 0.2) is 18.2 Å². The van der Waals surface area contributed by atoms with Crippen molar-refractivity contribution in [2.24, 2.45) is 0 Å². The number of hydrogen-bond acceptors (Lipinski definition) is 6. The number of nitrogens with one attached hydrogen (secondary N) is 1. The molecule has 1 unspecified atom stereocenters. The number of benzene rings is 1. The first-order valence-electron chi connectivity index (χ1n) is 7.82. The third kappa shape index (κ3) is 4.18. The molecule has 2 N–H and O–H groups in total. The molecule has 9 heteroatoms. The number of amides is 2. The molecule has 2 amide bonds. The molecule has 9 nitrogen and oxygen atoms in total. The van der Waals surface area contributed by atoms with E-state index in [2.05, 4.69) is 5.32 Å². The zero-order valence-electron chi connectivity index (χ0n) is 13.4. The maximum Gasteiger partial charge on any atom is 0.306 e. The van der Waals surface area contributed by atoms with Gasteiger partial charge in [0.1, 0.15) is 0 Å². The van der Waals surface area contributed by atoms with Crippen LogP contribution in [-0.2, 0) is 14.3 Å². The minimum absolute atomic E-state index is 0.118. The summed E-state index contributed by atoms with van der Waals surface area (Å²) in [6, 6.07) is 4.78. The highest BCUT2D eigenvalue weighted by molar-refractivity contribution is 5.97. The molecule has 1 saturated heterocycles. The Balaban J connectivity index is 1.51. The van der Waals surface area contributed by atoms with Gasteiger partial charge in [-0.2, -0.15) is 0 Å². The maximum absolute atomic E-state index is 12.2. The third-order valence-corrected chi connectivity index (χ3v) is 3.93. The van der Waals surface area contributed by atoms with Gasteiger partial charge >= 0.3 is 5.97 Å². The van der Waals surface area contributed by atoms with Gasteiger partial charge in [0.2, 0.25) is 12.7 Å². The Kier molecular flexibility index (Phi) is 5.03. The molecule has 3 rings (SSSR count). The summed E-state index contributed by atoms with van der Waals surface area (Å²) >= 11 is 0. The van der Waals surface area contributed by atoms with Gasteiger partial charge < -0.3 is 29.5 Å². The topological polar surface area (TPSA) is 114 Å². The second-order valence-corrected chi connectivity index (χ2v) is 5.68. The van der Waals surface area contributed by atoms with Crippen molar-refractivity contribution in [1.82, 2.24) is 10.2 Å². The monoisotopic (exact) mass is 350 g/mol. The Bertz CT molecular complexity index is 691. The van der Waals surface area contributed by atoms with E-state index in [9.17, 15) is 14.4 Å². The average molecular weight is 350 g/mol. The lowest BCUT2D eigenvalue weighted by atomic mass is 10.2. The van der Waals surface area contributed by atoms with Crippen LogP contribution in [0.3, 0.4) is 0 Å². The van der Waals surface area contributed by atoms with E-state index in [-0.39, 0.29) is 38.8 Å². The molecule has 2 aliphatic rings. The van der Waals surface area contributed by atoms with Crippen molar-refractivity contribution in [3.05, 3.63) is 23.8 Å². The van der Waals surface area contributed by atoms with E-state index >= 15 is 0 Å². The zero-order valence-corrected chi connectivity index (χ0v) is 13.4. The smallest absolute Gasteiger partial charge is 0.306 e. The fraction of sp³-hybridized carbons (Fsp3) is 0.438. The summed E-state index contributed by atoms with van der Waals surface area (Å²) < 4.78 is 15.7. The van der Waals surface area contributed by atoms with Gasteiger partial charge in [-0.25, -0.2) is 0 Å². The highest BCUT2D eigenvalue weighted by atomic mass is 16.7. The number of carbonyl (C=O) groups excluding carboxylic acids is 2. The fourth-order valence-corrected chi connectivity index (χ4v) is 2.67. The lowest BCUT2D eigenvalue weighted by Crippen LogP contribution is -2.49. The zero-order chi connectivity index (χ0) is 17.8. The average Bonchev–Trinajstić information content (AvgIpc) is 3.06. The number of aliphatic carboxylic acids is 1. The molecule has 2 aliphatic heterocycles. The van der Waals surface area contributed by atoms with Gasteiger partial charge in [0.25, 0.3) is 5.91 Å². The van der Waals surface area contributed by atoms with Crippen molar-refractivity contribution >= 4 is 17.8 Å². The van der Waals surface area contributed by atoms with Crippen LogP contribution >= 0.6 is 0 Å². The van der Waals surface area contributed by atoms with Crippen LogP contribution < -0.4 is 14.8 Å². The second-order valence-electron chi connectivity index (χ2n) is 5.68. The molecule has 25 heavy (non-hydrogen) atoms. The standard InChI is InChI=1S/C16H18N2O7/c19-14(18-3-4-23-11(8-18)6-15(20)21)7-17-16(22)10-1-2-12-13(5-10)25-9-24-12/h1-2,5,11H,3-4,6-9H2,(H,17,22)(H,20,21). The van der Waals surface area contributed by atoms with Crippen molar-refractivity contribution in [2.75, 3.05) is 33.0 Å². The first-order valence-corrected chi connectivity index (χ1v) is 7.82. The van der Waals surface area contributed by atoms with E-state index in [0.29, 0.717) is 23.6 Å². The van der Waals surface area contributed by atoms with Gasteiger partial charge in [0.05, 0.1) is 25.7 Å². The number of carboxylic acids is 1. The summed E-state index contributed by atoms with van der Waals surface area (Å²) in [7, 11) is 0. The third-order valence-electron chi connectivity index (χ3n) is 3.93. The van der Waals surface area contributed by atoms with Crippen LogP contribution in [0.5, 0.6) is 11.5 Å². The van der Waals surface area contributed by atoms with Crippen LogP contribution in [0, 0.1) is 0 Å². The van der Waals surface area contributed by atoms with E-state index in [1.807, 2.05) is 0 Å². The Labute approximate surface area is 143 Å². The minimum Gasteiger partial charge on any atom is -0.481 e. The molecular formula is C16H18N2O7. The summed E-state index contributed by atoms with van der Waals surface area (Å²) in [5, 5.41) is 11.4. The number of carboxylic acid groups (broad SMARTS) is 1. The predicted molar refractivity (Wildman–Crippen MR) is 83.5 cm³/mol. The number of fused-ring (bicyclic) bond motifs is 1. The van der Waals surface area contributed by atoms with E-state index in [1.165, 1.54) is 4.90 Å². The fourth-order valence-electron chi connectivity index (χ4n) is 2.67. The predicted octanol–water partition coefficient (Wildman–Crippen LogP) is -0.153. The van der Waals surface area contributed by atoms with Crippen LogP contribution in [0.25, 0.3) is 0 Å². The van der Waals surface area contributed by atoms with Crippen LogP contribution in [-0.4, -0.2) is 66.9 Å². The van der Waals surface area contributed by atoms with Crippen LogP contribution in [0.4, 0.5) is 0 Å². The molecule has 1 aromatic rings. The van der Waals surface area contributed by atoms with E-state index in [1.54, 1.807) is 18.2 Å². The van der Waals surface area contributed by atoms with Gasteiger partial charge in [0, 0.05) is 18.7 Å². The van der Waals surface area contributed by atoms with Crippen molar-refractivity contribution in [3.8, 4) is 11.5 Å². The summed E-state index contributed by atoms with van der Waals surface area (Å²) in [5.41, 5.74) is 0.364. The molecule has 0 bridgehead atoms. The van der Waals surface area contributed by atoms with Crippen molar-refractivity contribution in [1.29, 1.82) is 0 Å². The molecule has 2 heterocycles. The lowest BCUT2D eigenvalue weighted by Gasteiger charge is -2.32. The van der Waals surface area contributed by atoms with Gasteiger partial charge in [-0.1, -0.05) is 0 Å². The number of morpholine rings is 1. The SMILES string of the molecule is O=C(O)CC1CN(C(=O)CNC(=O)c2ccc3c(c2)OCO3)CCO1. The molecule has 0 saturated carbocycles. The van der Waals surface area contributed by atoms with Crippen LogP contribution in [0.2, 0.25) is 0 Å². The maximum atomic E-state index is 12.2. The molecule has 0 spiro atoms. The molecular weight excluding hydrogens is 332 g/mol. The highest BCUT2D eigenvalue weighted by Gasteiger charge is 2.26. The second kappa shape index (κ2) is 7.39. The summed E-state index contributed by atoms with van der Waals surface area (Å²) in [6.07, 6.45) is -0.687. The van der Waals surface area contributed by atoms with Crippen molar-refractivity contribution in [3.63, 3.8) is 0 Å². The lowest BCUT2D eigenvalue weighted by molar-refractivity contribution is -0.147. The first-order chi connectivity index (χ1) is 12.0. The molecule has 1 fully saturated rings. The van der Waals surface area contributed by atoms with Crippen molar-refractivity contribution < 1.29 is 33.7 Å². The summed E-state index contributed by atoms with van der Waals surface area (Å²) in [6.45, 7) is 0.792. The normalized spacial score (nSPS) is 18.7. The Morgan fingerprint density at radius 2 is 2.04 bits per heavy atom.